The highest BCUT2D eigenvalue weighted by molar-refractivity contribution is 6.33. The number of carbonyl (C=O) groups is 4. The monoisotopic (exact) mass is 1490 g/mol. The Bertz CT molecular complexity index is 5280. The van der Waals surface area contributed by atoms with Gasteiger partial charge >= 0.3 is 23.9 Å². The SMILES string of the molecule is COc1cccc(-c2c(F)c(F)c(Nc3ncccc3C(=O)O)c(F)c2F)c1.Cc1ccccc1-c1cc(F)c(Nc2ncccc2C(=O)O)c(F)c1.O=C(O)c1cc(Cl)cnc1Nc1c(F)cc(-c2ccccc2Cl)cc1F.O=C(O)c1ccncc1Nc1ccc(-c2cccc(OC3CC3)c2)cc1F. The van der Waals surface area contributed by atoms with Crippen LogP contribution in [0.15, 0.2) is 207 Å². The quantitative estimate of drug-likeness (QED) is 0.0276. The first kappa shape index (κ1) is 75.6. The van der Waals surface area contributed by atoms with E-state index in [1.54, 1.807) is 48.5 Å². The summed E-state index contributed by atoms with van der Waals surface area (Å²) in [5.74, 6) is -15.7. The van der Waals surface area contributed by atoms with Gasteiger partial charge in [-0.3, -0.25) is 4.98 Å². The zero-order valence-corrected chi connectivity index (χ0v) is 56.3. The van der Waals surface area contributed by atoms with Crippen LogP contribution in [0.1, 0.15) is 59.8 Å². The molecule has 0 atom stereocenters. The molecular formula is C77H53Cl2F9N8O10. The van der Waals surface area contributed by atoms with Gasteiger partial charge in [-0.1, -0.05) is 96.0 Å². The Morgan fingerprint density at radius 3 is 1.45 bits per heavy atom. The largest absolute Gasteiger partial charge is 0.497 e. The number of nitrogens with zero attached hydrogens (tertiary/aromatic N) is 4. The Morgan fingerprint density at radius 1 is 0.425 bits per heavy atom. The highest BCUT2D eigenvalue weighted by Crippen LogP contribution is 2.40. The molecule has 0 radical (unpaired) electrons. The second-order valence-electron chi connectivity index (χ2n) is 22.7. The third-order valence-corrected chi connectivity index (χ3v) is 16.1. The smallest absolute Gasteiger partial charge is 0.339 e. The zero-order valence-electron chi connectivity index (χ0n) is 54.8. The molecule has 4 aromatic heterocycles. The predicted octanol–water partition coefficient (Wildman–Crippen LogP) is 20.2. The van der Waals surface area contributed by atoms with E-state index < -0.39 is 110 Å². The summed E-state index contributed by atoms with van der Waals surface area (Å²) in [6, 6.07) is 43.8. The van der Waals surface area contributed by atoms with Gasteiger partial charge in [-0.15, -0.1) is 0 Å². The molecule has 538 valence electrons. The van der Waals surface area contributed by atoms with Gasteiger partial charge < -0.3 is 51.2 Å². The Kier molecular flexibility index (Phi) is 24.2. The van der Waals surface area contributed by atoms with E-state index in [9.17, 15) is 68.9 Å². The van der Waals surface area contributed by atoms with Crippen LogP contribution in [-0.4, -0.2) is 77.5 Å². The fraction of sp³-hybridized carbons (Fsp3) is 0.0649. The Balaban J connectivity index is 0.000000151. The molecule has 0 bridgehead atoms. The van der Waals surface area contributed by atoms with Crippen molar-refractivity contribution in [3.05, 3.63) is 297 Å². The number of hydrogen-bond acceptors (Lipinski definition) is 14. The molecule has 29 heteroatoms. The van der Waals surface area contributed by atoms with Gasteiger partial charge in [0.2, 0.25) is 0 Å². The minimum absolute atomic E-state index is 0.0263. The van der Waals surface area contributed by atoms with Crippen LogP contribution >= 0.6 is 23.2 Å². The molecule has 1 fully saturated rings. The molecule has 0 saturated heterocycles. The summed E-state index contributed by atoms with van der Waals surface area (Å²) in [4.78, 5) is 60.1. The van der Waals surface area contributed by atoms with E-state index in [0.717, 1.165) is 65.7 Å². The molecule has 0 aliphatic heterocycles. The summed E-state index contributed by atoms with van der Waals surface area (Å²) in [5.41, 5.74) is 0.586. The van der Waals surface area contributed by atoms with E-state index in [1.807, 2.05) is 48.6 Å². The number of aryl methyl sites for hydroxylation is 1. The third kappa shape index (κ3) is 18.2. The average Bonchev–Trinajstić information content (AvgIpc) is 1.27. The second-order valence-corrected chi connectivity index (χ2v) is 23.5. The summed E-state index contributed by atoms with van der Waals surface area (Å²) < 4.78 is 141. The number of carboxylic acid groups (broad SMARTS) is 4. The number of anilines is 8. The molecule has 0 amide bonds. The van der Waals surface area contributed by atoms with Crippen LogP contribution in [0.3, 0.4) is 0 Å². The molecule has 0 spiro atoms. The van der Waals surface area contributed by atoms with E-state index in [2.05, 4.69) is 35.9 Å². The van der Waals surface area contributed by atoms with Crippen molar-refractivity contribution in [3.8, 4) is 56.0 Å². The van der Waals surface area contributed by atoms with Crippen molar-refractivity contribution in [2.75, 3.05) is 28.4 Å². The van der Waals surface area contributed by atoms with Crippen molar-refractivity contribution in [2.24, 2.45) is 0 Å². The van der Waals surface area contributed by atoms with Crippen LogP contribution in [0.5, 0.6) is 11.5 Å². The maximum Gasteiger partial charge on any atom is 0.339 e. The van der Waals surface area contributed by atoms with E-state index >= 15 is 0 Å². The van der Waals surface area contributed by atoms with Crippen LogP contribution in [0.2, 0.25) is 10.0 Å². The Morgan fingerprint density at radius 2 is 0.915 bits per heavy atom. The minimum atomic E-state index is -1.72. The number of nitrogens with one attached hydrogen (secondary N) is 4. The fourth-order valence-corrected chi connectivity index (χ4v) is 10.6. The molecule has 13 rings (SSSR count). The Hall–Kier alpha value is -13.0. The first-order valence-electron chi connectivity index (χ1n) is 31.2. The molecule has 4 heterocycles. The van der Waals surface area contributed by atoms with Crippen molar-refractivity contribution in [1.82, 2.24) is 19.9 Å². The van der Waals surface area contributed by atoms with Crippen LogP contribution in [0.4, 0.5) is 85.4 Å². The molecule has 106 heavy (non-hydrogen) atoms. The normalized spacial score (nSPS) is 11.3. The van der Waals surface area contributed by atoms with Gasteiger partial charge in [0.05, 0.1) is 46.9 Å². The van der Waals surface area contributed by atoms with Gasteiger partial charge in [0, 0.05) is 35.4 Å². The molecule has 0 unspecified atom stereocenters. The number of pyridine rings is 4. The van der Waals surface area contributed by atoms with E-state index in [4.69, 9.17) is 42.9 Å². The van der Waals surface area contributed by atoms with Gasteiger partial charge in [-0.25, -0.2) is 73.6 Å². The maximum atomic E-state index is 14.6. The van der Waals surface area contributed by atoms with Gasteiger partial charge in [-0.05, 0) is 162 Å². The van der Waals surface area contributed by atoms with Crippen LogP contribution in [-0.2, 0) is 0 Å². The molecular weight excluding hydrogens is 1440 g/mol. The lowest BCUT2D eigenvalue weighted by molar-refractivity contribution is 0.0686. The molecule has 1 aliphatic carbocycles. The summed E-state index contributed by atoms with van der Waals surface area (Å²) in [7, 11) is 1.33. The highest BCUT2D eigenvalue weighted by Gasteiger charge is 2.29. The first-order chi connectivity index (χ1) is 50.8. The van der Waals surface area contributed by atoms with E-state index in [1.165, 1.54) is 98.6 Å². The van der Waals surface area contributed by atoms with Crippen LogP contribution < -0.4 is 30.7 Å². The number of aromatic carboxylic acids is 4. The van der Waals surface area contributed by atoms with Crippen molar-refractivity contribution in [1.29, 1.82) is 0 Å². The zero-order chi connectivity index (χ0) is 76.0. The second kappa shape index (κ2) is 33.9. The first-order valence-corrected chi connectivity index (χ1v) is 31.9. The average molecular weight is 1490 g/mol. The van der Waals surface area contributed by atoms with Gasteiger partial charge in [0.15, 0.2) is 23.3 Å². The number of ether oxygens (including phenoxy) is 2. The third-order valence-electron chi connectivity index (χ3n) is 15.5. The lowest BCUT2D eigenvalue weighted by Crippen LogP contribution is -2.10. The maximum absolute atomic E-state index is 14.6. The number of rotatable bonds is 19. The lowest BCUT2D eigenvalue weighted by atomic mass is 10.00. The van der Waals surface area contributed by atoms with Crippen molar-refractivity contribution < 1.29 is 88.6 Å². The highest BCUT2D eigenvalue weighted by atomic mass is 35.5. The summed E-state index contributed by atoms with van der Waals surface area (Å²) in [6.45, 7) is 1.85. The molecule has 1 aliphatic rings. The van der Waals surface area contributed by atoms with E-state index in [0.29, 0.717) is 27.8 Å². The number of methoxy groups -OCH3 is 1. The molecule has 1 saturated carbocycles. The van der Waals surface area contributed by atoms with Gasteiger partial charge in [0.25, 0.3) is 0 Å². The Labute approximate surface area is 606 Å². The van der Waals surface area contributed by atoms with E-state index in [-0.39, 0.29) is 61.6 Å². The summed E-state index contributed by atoms with van der Waals surface area (Å²) >= 11 is 11.8. The van der Waals surface area contributed by atoms with Gasteiger partial charge in [-0.2, -0.15) is 0 Å². The van der Waals surface area contributed by atoms with Gasteiger partial charge in [0.1, 0.15) is 91.8 Å². The van der Waals surface area contributed by atoms with Crippen molar-refractivity contribution in [3.63, 3.8) is 0 Å². The molecule has 8 aromatic carbocycles. The number of hydrogen-bond donors (Lipinski definition) is 8. The number of halogens is 11. The lowest BCUT2D eigenvalue weighted by Gasteiger charge is -2.14. The number of aromatic nitrogens is 4. The molecule has 18 nitrogen and oxygen atoms in total. The molecule has 8 N–H and O–H groups in total. The fourth-order valence-electron chi connectivity index (χ4n) is 10.2. The number of carboxylic acids is 4. The minimum Gasteiger partial charge on any atom is -0.497 e. The summed E-state index contributed by atoms with van der Waals surface area (Å²) in [5, 5.41) is 46.7. The van der Waals surface area contributed by atoms with Crippen LogP contribution in [0, 0.1) is 59.3 Å². The standard InChI is InChI=1S/C21H17FN2O3.C19H12F4N2O3.C19H14F2N2O2.C18H10Cl2F2N2O2/c22-18-11-14(13-2-1-3-16(10-13)27-15-5-6-15)4-7-19(18)24-20-12-23-9-8-17(20)21(25)26;1-28-10-5-2-4-9(8-10)12-13(20)15(22)17(16(23)14(12)21)25-18-11(19(26)27)6-3-7-24-18;1-11-5-2-3-6-13(11)12-9-15(20)17(16(21)10-12)23-18-14(19(24)25)7-4-8-22-18;19-10-7-12(18(25)26)17(23-8-10)24-16-14(21)5-9(6-15(16)22)11-3-1-2-4-13(11)20/h1-4,7-12,15,24H,5-6H2,(H,25,26);2-8H,1H3,(H,24,25)(H,26,27);2-10H,1H3,(H,22,23)(H,24,25);1-8H,(H,23,24)(H,25,26). The predicted molar refractivity (Wildman–Crippen MR) is 380 cm³/mol. The van der Waals surface area contributed by atoms with Crippen molar-refractivity contribution >= 4 is 93.0 Å². The number of benzene rings is 8. The topological polar surface area (TPSA) is 267 Å². The molecule has 12 aromatic rings. The van der Waals surface area contributed by atoms with Crippen LogP contribution in [0.25, 0.3) is 44.5 Å². The van der Waals surface area contributed by atoms with Crippen molar-refractivity contribution in [2.45, 2.75) is 25.9 Å². The summed E-state index contributed by atoms with van der Waals surface area (Å²) in [6.07, 6.45) is 8.85.